The minimum Gasteiger partial charge on any atom is -0.477 e. The van der Waals surface area contributed by atoms with Gasteiger partial charge in [0.2, 0.25) is 0 Å². The van der Waals surface area contributed by atoms with Gasteiger partial charge in [-0.05, 0) is 6.07 Å². The van der Waals surface area contributed by atoms with Gasteiger partial charge >= 0.3 is 0 Å². The van der Waals surface area contributed by atoms with Crippen molar-refractivity contribution in [1.82, 2.24) is 9.97 Å². The first-order valence-corrected chi connectivity index (χ1v) is 4.99. The molecule has 2 N–H and O–H groups in total. The number of methoxy groups -OCH3 is 2. The molecule has 5 nitrogen and oxygen atoms in total. The quantitative estimate of drug-likeness (QED) is 0.834. The molecule has 90 valence electrons. The average molecular weight is 258 g/mol. The summed E-state index contributed by atoms with van der Waals surface area (Å²) in [7, 11) is 2.83. The van der Waals surface area contributed by atoms with Crippen LogP contribution in [0.5, 0.6) is 11.8 Å². The fourth-order valence-corrected chi connectivity index (χ4v) is 1.60. The molecular weight excluding hydrogens is 249 g/mol. The summed E-state index contributed by atoms with van der Waals surface area (Å²) in [6.45, 7) is 0. The van der Waals surface area contributed by atoms with Gasteiger partial charge in [-0.15, -0.1) is 0 Å². The number of halogens is 2. The standard InChI is InChI=1S/C10H9ClFN3O2/c1-16-9-10(17-2)15-8-5(14-9)3-4(11)6(12)7(8)13/h3H,13H2,1-2H3. The van der Waals surface area contributed by atoms with Crippen LogP contribution in [0.15, 0.2) is 6.07 Å². The average Bonchev–Trinajstić information content (AvgIpc) is 2.34. The number of hydrogen-bond donors (Lipinski definition) is 1. The zero-order valence-corrected chi connectivity index (χ0v) is 9.88. The maximum absolute atomic E-state index is 13.5. The van der Waals surface area contributed by atoms with Crippen molar-refractivity contribution in [3.8, 4) is 11.8 Å². The summed E-state index contributed by atoms with van der Waals surface area (Å²) < 4.78 is 23.4. The van der Waals surface area contributed by atoms with Crippen LogP contribution in [0.2, 0.25) is 5.02 Å². The third-order valence-electron chi connectivity index (χ3n) is 2.21. The van der Waals surface area contributed by atoms with E-state index in [9.17, 15) is 4.39 Å². The summed E-state index contributed by atoms with van der Waals surface area (Å²) in [6.07, 6.45) is 0. The first-order chi connectivity index (χ1) is 8.08. The first kappa shape index (κ1) is 11.7. The molecule has 0 bridgehead atoms. The van der Waals surface area contributed by atoms with Gasteiger partial charge in [-0.25, -0.2) is 14.4 Å². The maximum atomic E-state index is 13.5. The molecule has 0 fully saturated rings. The molecule has 0 aliphatic heterocycles. The minimum atomic E-state index is -0.722. The highest BCUT2D eigenvalue weighted by atomic mass is 35.5. The first-order valence-electron chi connectivity index (χ1n) is 4.61. The Morgan fingerprint density at radius 1 is 1.24 bits per heavy atom. The van der Waals surface area contributed by atoms with Crippen molar-refractivity contribution in [2.45, 2.75) is 0 Å². The smallest absolute Gasteiger partial charge is 0.278 e. The predicted molar refractivity (Wildman–Crippen MR) is 62.0 cm³/mol. The number of nitrogens with two attached hydrogens (primary N) is 1. The second kappa shape index (κ2) is 4.21. The molecule has 0 atom stereocenters. The number of fused-ring (bicyclic) bond motifs is 1. The van der Waals surface area contributed by atoms with E-state index in [4.69, 9.17) is 26.8 Å². The van der Waals surface area contributed by atoms with E-state index in [1.54, 1.807) is 0 Å². The molecule has 1 aromatic carbocycles. The summed E-state index contributed by atoms with van der Waals surface area (Å²) in [5.74, 6) is -0.406. The van der Waals surface area contributed by atoms with E-state index in [-0.39, 0.29) is 28.0 Å². The summed E-state index contributed by atoms with van der Waals surface area (Å²) in [5.41, 5.74) is 5.93. The number of hydrogen-bond acceptors (Lipinski definition) is 5. The molecule has 0 saturated carbocycles. The second-order valence-corrected chi connectivity index (χ2v) is 3.60. The van der Waals surface area contributed by atoms with E-state index < -0.39 is 5.82 Å². The largest absolute Gasteiger partial charge is 0.477 e. The van der Waals surface area contributed by atoms with E-state index in [0.717, 1.165) is 0 Å². The van der Waals surface area contributed by atoms with E-state index in [0.29, 0.717) is 5.52 Å². The molecule has 2 aromatic rings. The lowest BCUT2D eigenvalue weighted by molar-refractivity contribution is 0.334. The van der Waals surface area contributed by atoms with Crippen molar-refractivity contribution in [3.05, 3.63) is 16.9 Å². The van der Waals surface area contributed by atoms with Crippen LogP contribution in [-0.4, -0.2) is 24.2 Å². The number of anilines is 1. The Balaban J connectivity index is 2.83. The Morgan fingerprint density at radius 3 is 2.41 bits per heavy atom. The number of aromatic nitrogens is 2. The number of nitrogens with zero attached hydrogens (tertiary/aromatic N) is 2. The Labute approximate surface area is 101 Å². The lowest BCUT2D eigenvalue weighted by atomic mass is 10.2. The molecule has 2 rings (SSSR count). The zero-order chi connectivity index (χ0) is 12.6. The van der Waals surface area contributed by atoms with Gasteiger partial charge in [-0.2, -0.15) is 0 Å². The third-order valence-corrected chi connectivity index (χ3v) is 2.49. The summed E-state index contributed by atoms with van der Waals surface area (Å²) in [6, 6.07) is 1.33. The van der Waals surface area contributed by atoms with Crippen LogP contribution in [-0.2, 0) is 0 Å². The fraction of sp³-hybridized carbons (Fsp3) is 0.200. The molecule has 0 saturated heterocycles. The van der Waals surface area contributed by atoms with Crippen molar-refractivity contribution < 1.29 is 13.9 Å². The minimum absolute atomic E-state index is 0.114. The van der Waals surface area contributed by atoms with Gasteiger partial charge in [0.05, 0.1) is 30.4 Å². The molecule has 0 spiro atoms. The molecule has 0 aliphatic rings. The van der Waals surface area contributed by atoms with E-state index >= 15 is 0 Å². The van der Waals surface area contributed by atoms with Gasteiger partial charge in [0.1, 0.15) is 5.52 Å². The van der Waals surface area contributed by atoms with Crippen molar-refractivity contribution in [2.75, 3.05) is 20.0 Å². The highest BCUT2D eigenvalue weighted by Gasteiger charge is 2.16. The van der Waals surface area contributed by atoms with Crippen LogP contribution in [0.3, 0.4) is 0 Å². The van der Waals surface area contributed by atoms with Gasteiger partial charge in [0.25, 0.3) is 11.8 Å². The predicted octanol–water partition coefficient (Wildman–Crippen LogP) is 2.02. The van der Waals surface area contributed by atoms with Gasteiger partial charge in [-0.1, -0.05) is 11.6 Å². The molecule has 0 aliphatic carbocycles. The van der Waals surface area contributed by atoms with Crippen molar-refractivity contribution in [3.63, 3.8) is 0 Å². The van der Waals surface area contributed by atoms with Crippen molar-refractivity contribution in [2.24, 2.45) is 0 Å². The highest BCUT2D eigenvalue weighted by molar-refractivity contribution is 6.31. The Morgan fingerprint density at radius 2 is 1.82 bits per heavy atom. The Kier molecular flexibility index (Phi) is 2.89. The van der Waals surface area contributed by atoms with Crippen LogP contribution in [0, 0.1) is 5.82 Å². The Hall–Kier alpha value is -1.82. The maximum Gasteiger partial charge on any atom is 0.278 e. The molecule has 0 amide bonds. The van der Waals surface area contributed by atoms with E-state index in [1.807, 2.05) is 0 Å². The third kappa shape index (κ3) is 1.80. The molecule has 1 aromatic heterocycles. The monoisotopic (exact) mass is 257 g/mol. The fourth-order valence-electron chi connectivity index (χ4n) is 1.40. The molecule has 1 heterocycles. The SMILES string of the molecule is COc1nc2cc(Cl)c(F)c(N)c2nc1OC. The van der Waals surface area contributed by atoms with Crippen LogP contribution < -0.4 is 15.2 Å². The van der Waals surface area contributed by atoms with E-state index in [1.165, 1.54) is 20.3 Å². The van der Waals surface area contributed by atoms with Gasteiger partial charge in [0.15, 0.2) is 5.82 Å². The van der Waals surface area contributed by atoms with Crippen LogP contribution in [0.4, 0.5) is 10.1 Å². The van der Waals surface area contributed by atoms with Crippen molar-refractivity contribution in [1.29, 1.82) is 0 Å². The number of ether oxygens (including phenoxy) is 2. The molecule has 0 radical (unpaired) electrons. The van der Waals surface area contributed by atoms with Crippen molar-refractivity contribution >= 4 is 28.3 Å². The number of rotatable bonds is 2. The molecule has 7 heteroatoms. The summed E-state index contributed by atoms with van der Waals surface area (Å²) in [4.78, 5) is 8.12. The Bertz CT molecular complexity index is 592. The zero-order valence-electron chi connectivity index (χ0n) is 9.12. The lowest BCUT2D eigenvalue weighted by Crippen LogP contribution is -2.01. The van der Waals surface area contributed by atoms with Crippen LogP contribution in [0.25, 0.3) is 11.0 Å². The molecule has 0 unspecified atom stereocenters. The van der Waals surface area contributed by atoms with E-state index in [2.05, 4.69) is 9.97 Å². The molecular formula is C10H9ClFN3O2. The van der Waals surface area contributed by atoms with Gasteiger partial charge in [-0.3, -0.25) is 0 Å². The number of nitrogen functional groups attached to an aromatic ring is 1. The van der Waals surface area contributed by atoms with Gasteiger partial charge in [0, 0.05) is 0 Å². The highest BCUT2D eigenvalue weighted by Crippen LogP contribution is 2.32. The second-order valence-electron chi connectivity index (χ2n) is 3.20. The topological polar surface area (TPSA) is 70.3 Å². The van der Waals surface area contributed by atoms with Crippen LogP contribution >= 0.6 is 11.6 Å². The summed E-state index contributed by atoms with van der Waals surface area (Å²) in [5, 5.41) is -0.114. The van der Waals surface area contributed by atoms with Gasteiger partial charge < -0.3 is 15.2 Å². The molecule has 17 heavy (non-hydrogen) atoms. The van der Waals surface area contributed by atoms with Crippen LogP contribution in [0.1, 0.15) is 0 Å². The summed E-state index contributed by atoms with van der Waals surface area (Å²) >= 11 is 5.67. The lowest BCUT2D eigenvalue weighted by Gasteiger charge is -2.09. The normalized spacial score (nSPS) is 10.6. The number of benzene rings is 1.